The Labute approximate surface area is 125 Å². The standard InChI is InChI=1S/C17H22N2O2/c1-11-6-4-5-7-14(11)12(2)8-16(20)19-9-13(3)15(10-19)17(18)21/h4-8,13,15H,9-10H2,1-3H3,(H2,18,21)/b12-8+/t13-,15-/m1/s1. The van der Waals surface area contributed by atoms with Crippen molar-refractivity contribution in [3.05, 3.63) is 41.5 Å². The minimum Gasteiger partial charge on any atom is -0.369 e. The minimum atomic E-state index is -0.322. The van der Waals surface area contributed by atoms with Gasteiger partial charge < -0.3 is 10.6 Å². The van der Waals surface area contributed by atoms with Gasteiger partial charge in [-0.3, -0.25) is 9.59 Å². The first kappa shape index (κ1) is 15.3. The molecule has 4 nitrogen and oxygen atoms in total. The van der Waals surface area contributed by atoms with Gasteiger partial charge in [-0.05, 0) is 36.5 Å². The van der Waals surface area contributed by atoms with E-state index >= 15 is 0 Å². The van der Waals surface area contributed by atoms with Crippen LogP contribution in [0.5, 0.6) is 0 Å². The summed E-state index contributed by atoms with van der Waals surface area (Å²) in [5.41, 5.74) is 8.52. The van der Waals surface area contributed by atoms with Gasteiger partial charge in [0.15, 0.2) is 0 Å². The highest BCUT2D eigenvalue weighted by molar-refractivity contribution is 5.95. The Bertz CT molecular complexity index is 592. The van der Waals surface area contributed by atoms with Crippen LogP contribution in [0.2, 0.25) is 0 Å². The van der Waals surface area contributed by atoms with Crippen LogP contribution in [0.1, 0.15) is 25.0 Å². The van der Waals surface area contributed by atoms with E-state index in [1.165, 1.54) is 0 Å². The van der Waals surface area contributed by atoms with Crippen molar-refractivity contribution in [3.8, 4) is 0 Å². The van der Waals surface area contributed by atoms with Crippen LogP contribution in [0.3, 0.4) is 0 Å². The SMILES string of the molecule is C/C(=C\C(=O)N1C[C@@H](C)[C@H](C(N)=O)C1)c1ccccc1C. The van der Waals surface area contributed by atoms with Gasteiger partial charge in [0.05, 0.1) is 5.92 Å². The van der Waals surface area contributed by atoms with Crippen molar-refractivity contribution in [2.75, 3.05) is 13.1 Å². The third kappa shape index (κ3) is 3.32. The lowest BCUT2D eigenvalue weighted by Crippen LogP contribution is -2.31. The molecule has 1 heterocycles. The number of carbonyl (C=O) groups is 2. The molecule has 0 unspecified atom stereocenters. The summed E-state index contributed by atoms with van der Waals surface area (Å²) in [5.74, 6) is -0.483. The maximum absolute atomic E-state index is 12.4. The fourth-order valence-electron chi connectivity index (χ4n) is 2.89. The molecule has 0 aromatic heterocycles. The molecule has 2 N–H and O–H groups in total. The van der Waals surface area contributed by atoms with Gasteiger partial charge in [0.1, 0.15) is 0 Å². The van der Waals surface area contributed by atoms with Crippen LogP contribution in [0.4, 0.5) is 0 Å². The van der Waals surface area contributed by atoms with Crippen molar-refractivity contribution >= 4 is 17.4 Å². The molecule has 1 aliphatic heterocycles. The third-order valence-corrected chi connectivity index (χ3v) is 4.20. The highest BCUT2D eigenvalue weighted by Gasteiger charge is 2.35. The van der Waals surface area contributed by atoms with Crippen molar-refractivity contribution < 1.29 is 9.59 Å². The number of aryl methyl sites for hydroxylation is 1. The fraction of sp³-hybridized carbons (Fsp3) is 0.412. The average Bonchev–Trinajstić information content (AvgIpc) is 2.81. The maximum atomic E-state index is 12.4. The number of amides is 2. The van der Waals surface area contributed by atoms with Crippen LogP contribution in [-0.2, 0) is 9.59 Å². The molecular weight excluding hydrogens is 264 g/mol. The molecule has 0 bridgehead atoms. The summed E-state index contributed by atoms with van der Waals surface area (Å²) in [7, 11) is 0. The van der Waals surface area contributed by atoms with E-state index in [9.17, 15) is 9.59 Å². The van der Waals surface area contributed by atoms with Gasteiger partial charge in [-0.2, -0.15) is 0 Å². The predicted octanol–water partition coefficient (Wildman–Crippen LogP) is 1.98. The first-order chi connectivity index (χ1) is 9.90. The summed E-state index contributed by atoms with van der Waals surface area (Å²) in [5, 5.41) is 0. The van der Waals surface area contributed by atoms with Crippen molar-refractivity contribution in [1.29, 1.82) is 0 Å². The van der Waals surface area contributed by atoms with Crippen molar-refractivity contribution in [1.82, 2.24) is 4.90 Å². The molecule has 2 atom stereocenters. The van der Waals surface area contributed by atoms with E-state index in [1.807, 2.05) is 45.0 Å². The second-order valence-electron chi connectivity index (χ2n) is 5.87. The highest BCUT2D eigenvalue weighted by Crippen LogP contribution is 2.24. The lowest BCUT2D eigenvalue weighted by molar-refractivity contribution is -0.125. The zero-order valence-corrected chi connectivity index (χ0v) is 12.8. The molecule has 1 aliphatic rings. The van der Waals surface area contributed by atoms with Crippen LogP contribution in [0, 0.1) is 18.8 Å². The maximum Gasteiger partial charge on any atom is 0.246 e. The van der Waals surface area contributed by atoms with Crippen LogP contribution < -0.4 is 5.73 Å². The third-order valence-electron chi connectivity index (χ3n) is 4.20. The normalized spacial score (nSPS) is 22.4. The van der Waals surface area contributed by atoms with Crippen LogP contribution in [0.15, 0.2) is 30.3 Å². The lowest BCUT2D eigenvalue weighted by Gasteiger charge is -2.14. The number of hydrogen-bond acceptors (Lipinski definition) is 2. The monoisotopic (exact) mass is 286 g/mol. The van der Waals surface area contributed by atoms with Gasteiger partial charge in [-0.25, -0.2) is 0 Å². The number of nitrogens with two attached hydrogens (primary N) is 1. The second kappa shape index (κ2) is 6.12. The van der Waals surface area contributed by atoms with E-state index in [0.717, 1.165) is 16.7 Å². The first-order valence-corrected chi connectivity index (χ1v) is 7.22. The Morgan fingerprint density at radius 3 is 2.52 bits per heavy atom. The Balaban J connectivity index is 2.13. The lowest BCUT2D eigenvalue weighted by atomic mass is 9.98. The first-order valence-electron chi connectivity index (χ1n) is 7.22. The summed E-state index contributed by atoms with van der Waals surface area (Å²) in [4.78, 5) is 25.4. The molecular formula is C17H22N2O2. The van der Waals surface area contributed by atoms with Gasteiger partial charge in [0, 0.05) is 19.2 Å². The molecule has 2 amide bonds. The molecule has 0 saturated carbocycles. The summed E-state index contributed by atoms with van der Waals surface area (Å²) < 4.78 is 0. The molecule has 0 spiro atoms. The van der Waals surface area contributed by atoms with Gasteiger partial charge >= 0.3 is 0 Å². The van der Waals surface area contributed by atoms with E-state index in [2.05, 4.69) is 0 Å². The van der Waals surface area contributed by atoms with Gasteiger partial charge in [-0.1, -0.05) is 31.2 Å². The quantitative estimate of drug-likeness (QED) is 0.864. The smallest absolute Gasteiger partial charge is 0.246 e. The molecule has 1 saturated heterocycles. The molecule has 112 valence electrons. The second-order valence-corrected chi connectivity index (χ2v) is 5.87. The largest absolute Gasteiger partial charge is 0.369 e. The van der Waals surface area contributed by atoms with Gasteiger partial charge in [-0.15, -0.1) is 0 Å². The number of nitrogens with zero attached hydrogens (tertiary/aromatic N) is 1. The van der Waals surface area contributed by atoms with E-state index in [4.69, 9.17) is 5.73 Å². The van der Waals surface area contributed by atoms with Gasteiger partial charge in [0.25, 0.3) is 0 Å². The van der Waals surface area contributed by atoms with Crippen molar-refractivity contribution in [2.24, 2.45) is 17.6 Å². The average molecular weight is 286 g/mol. The number of allylic oxidation sites excluding steroid dienone is 1. The van der Waals surface area contributed by atoms with Gasteiger partial charge in [0.2, 0.25) is 11.8 Å². The highest BCUT2D eigenvalue weighted by atomic mass is 16.2. The molecule has 1 aromatic rings. The number of primary amides is 1. The summed E-state index contributed by atoms with van der Waals surface area (Å²) in [6.45, 7) is 6.93. The number of benzene rings is 1. The van der Waals surface area contributed by atoms with E-state index in [1.54, 1.807) is 11.0 Å². The zero-order valence-electron chi connectivity index (χ0n) is 12.8. The molecule has 2 rings (SSSR count). The van der Waals surface area contributed by atoms with E-state index < -0.39 is 0 Å². The Morgan fingerprint density at radius 1 is 1.29 bits per heavy atom. The fourth-order valence-corrected chi connectivity index (χ4v) is 2.89. The molecule has 21 heavy (non-hydrogen) atoms. The predicted molar refractivity (Wildman–Crippen MR) is 83.3 cm³/mol. The van der Waals surface area contributed by atoms with Crippen LogP contribution in [-0.4, -0.2) is 29.8 Å². The van der Waals surface area contributed by atoms with Crippen molar-refractivity contribution in [2.45, 2.75) is 20.8 Å². The summed E-state index contributed by atoms with van der Waals surface area (Å²) in [6.07, 6.45) is 1.65. The summed E-state index contributed by atoms with van der Waals surface area (Å²) >= 11 is 0. The van der Waals surface area contributed by atoms with Crippen LogP contribution in [0.25, 0.3) is 5.57 Å². The van der Waals surface area contributed by atoms with E-state index in [-0.39, 0.29) is 23.7 Å². The molecule has 4 heteroatoms. The Morgan fingerprint density at radius 2 is 1.95 bits per heavy atom. The van der Waals surface area contributed by atoms with E-state index in [0.29, 0.717) is 13.1 Å². The zero-order chi connectivity index (χ0) is 15.6. The van der Waals surface area contributed by atoms with Crippen LogP contribution >= 0.6 is 0 Å². The number of likely N-dealkylation sites (tertiary alicyclic amines) is 1. The Hall–Kier alpha value is -2.10. The van der Waals surface area contributed by atoms with Crippen molar-refractivity contribution in [3.63, 3.8) is 0 Å². The number of hydrogen-bond donors (Lipinski definition) is 1. The number of carbonyl (C=O) groups excluding carboxylic acids is 2. The molecule has 1 aromatic carbocycles. The molecule has 0 radical (unpaired) electrons. The molecule has 1 fully saturated rings. The topological polar surface area (TPSA) is 63.4 Å². The Kier molecular flexibility index (Phi) is 4.46. The minimum absolute atomic E-state index is 0.0497. The summed E-state index contributed by atoms with van der Waals surface area (Å²) in [6, 6.07) is 7.98. The molecule has 0 aliphatic carbocycles. The number of rotatable bonds is 3.